The van der Waals surface area contributed by atoms with Gasteiger partial charge in [-0.05, 0) is 55.2 Å². The number of nitrogens with one attached hydrogen (secondary N) is 1. The Labute approximate surface area is 170 Å². The van der Waals surface area contributed by atoms with Crippen molar-refractivity contribution in [3.63, 3.8) is 0 Å². The molecule has 0 atom stereocenters. The van der Waals surface area contributed by atoms with E-state index in [9.17, 15) is 13.2 Å². The molecule has 1 fully saturated rings. The van der Waals surface area contributed by atoms with E-state index in [-0.39, 0.29) is 28.2 Å². The Morgan fingerprint density at radius 1 is 1.14 bits per heavy atom. The molecule has 8 heteroatoms. The van der Waals surface area contributed by atoms with Crippen molar-refractivity contribution in [2.75, 3.05) is 25.0 Å². The number of halogens is 1. The lowest BCUT2D eigenvalue weighted by atomic mass is 10.1. The van der Waals surface area contributed by atoms with Crippen LogP contribution >= 0.6 is 11.6 Å². The van der Waals surface area contributed by atoms with Gasteiger partial charge in [-0.2, -0.15) is 4.31 Å². The fourth-order valence-electron chi connectivity index (χ4n) is 3.00. The zero-order valence-corrected chi connectivity index (χ0v) is 17.2. The lowest BCUT2D eigenvalue weighted by Gasteiger charge is -2.16. The highest BCUT2D eigenvalue weighted by atomic mass is 35.5. The molecule has 2 aromatic carbocycles. The van der Waals surface area contributed by atoms with Gasteiger partial charge >= 0.3 is 0 Å². The number of rotatable bonds is 7. The summed E-state index contributed by atoms with van der Waals surface area (Å²) in [6.45, 7) is 2.88. The summed E-state index contributed by atoms with van der Waals surface area (Å²) in [4.78, 5) is 12.2. The molecule has 0 aromatic heterocycles. The highest BCUT2D eigenvalue weighted by molar-refractivity contribution is 7.89. The second kappa shape index (κ2) is 8.94. The topological polar surface area (TPSA) is 75.7 Å². The van der Waals surface area contributed by atoms with E-state index in [0.717, 1.165) is 19.3 Å². The molecule has 6 nitrogen and oxygen atoms in total. The van der Waals surface area contributed by atoms with Gasteiger partial charge in [0.1, 0.15) is 5.75 Å². The van der Waals surface area contributed by atoms with Crippen molar-refractivity contribution in [3.8, 4) is 5.75 Å². The van der Waals surface area contributed by atoms with Crippen LogP contribution in [-0.4, -0.2) is 38.3 Å². The maximum atomic E-state index is 12.6. The average Bonchev–Trinajstić information content (AvgIpc) is 3.23. The van der Waals surface area contributed by atoms with Crippen LogP contribution in [0.25, 0.3) is 0 Å². The number of sulfonamides is 1. The number of ether oxygens (including phenoxy) is 1. The summed E-state index contributed by atoms with van der Waals surface area (Å²) >= 11 is 6.18. The zero-order valence-electron chi connectivity index (χ0n) is 15.7. The molecule has 0 radical (unpaired) electrons. The minimum atomic E-state index is -3.54. The van der Waals surface area contributed by atoms with Crippen LogP contribution in [0.4, 0.5) is 5.69 Å². The maximum Gasteiger partial charge on any atom is 0.262 e. The molecule has 0 spiro atoms. The minimum absolute atomic E-state index is 0.132. The first-order valence-electron chi connectivity index (χ1n) is 9.21. The second-order valence-electron chi connectivity index (χ2n) is 6.59. The van der Waals surface area contributed by atoms with E-state index in [2.05, 4.69) is 12.2 Å². The molecule has 0 unspecified atom stereocenters. The first kappa shape index (κ1) is 20.6. The van der Waals surface area contributed by atoms with Gasteiger partial charge in [-0.1, -0.05) is 30.7 Å². The van der Waals surface area contributed by atoms with Gasteiger partial charge in [0.15, 0.2) is 6.61 Å². The minimum Gasteiger partial charge on any atom is -0.482 e. The first-order chi connectivity index (χ1) is 13.4. The van der Waals surface area contributed by atoms with Crippen molar-refractivity contribution in [1.29, 1.82) is 0 Å². The van der Waals surface area contributed by atoms with Crippen LogP contribution in [0.5, 0.6) is 5.75 Å². The van der Waals surface area contributed by atoms with Crippen molar-refractivity contribution in [2.45, 2.75) is 31.1 Å². The van der Waals surface area contributed by atoms with Gasteiger partial charge in [0, 0.05) is 18.8 Å². The molecule has 1 amide bonds. The molecule has 1 saturated heterocycles. The van der Waals surface area contributed by atoms with Gasteiger partial charge in [-0.15, -0.1) is 0 Å². The summed E-state index contributed by atoms with van der Waals surface area (Å²) in [5.74, 6) is -0.0624. The number of anilines is 1. The van der Waals surface area contributed by atoms with E-state index in [1.54, 1.807) is 0 Å². The van der Waals surface area contributed by atoms with Crippen LogP contribution in [0, 0.1) is 0 Å². The number of carbonyl (C=O) groups is 1. The van der Waals surface area contributed by atoms with E-state index >= 15 is 0 Å². The summed E-state index contributed by atoms with van der Waals surface area (Å²) in [6, 6.07) is 11.9. The standard InChI is InChI=1S/C20H23ClN2O4S/c1-2-15-5-7-16(8-6-15)22-20(24)14-27-19-10-9-17(13-18(19)21)28(25,26)23-11-3-4-12-23/h5-10,13H,2-4,11-12,14H2,1H3,(H,22,24). The molecule has 0 aliphatic carbocycles. The van der Waals surface area contributed by atoms with Gasteiger partial charge in [-0.25, -0.2) is 8.42 Å². The normalized spacial score (nSPS) is 14.8. The van der Waals surface area contributed by atoms with E-state index in [1.165, 1.54) is 28.1 Å². The molecule has 1 N–H and O–H groups in total. The van der Waals surface area contributed by atoms with Crippen LogP contribution in [0.2, 0.25) is 5.02 Å². The van der Waals surface area contributed by atoms with Gasteiger partial charge in [0.2, 0.25) is 10.0 Å². The molecule has 0 saturated carbocycles. The molecule has 2 aromatic rings. The molecular formula is C20H23ClN2O4S. The number of hydrogen-bond donors (Lipinski definition) is 1. The summed E-state index contributed by atoms with van der Waals surface area (Å²) in [7, 11) is -3.54. The van der Waals surface area contributed by atoms with E-state index in [4.69, 9.17) is 16.3 Å². The second-order valence-corrected chi connectivity index (χ2v) is 8.94. The van der Waals surface area contributed by atoms with Gasteiger partial charge < -0.3 is 10.1 Å². The largest absolute Gasteiger partial charge is 0.482 e. The fraction of sp³-hybridized carbons (Fsp3) is 0.350. The summed E-state index contributed by atoms with van der Waals surface area (Å²) in [5, 5.41) is 2.90. The van der Waals surface area contributed by atoms with Gasteiger partial charge in [0.25, 0.3) is 5.91 Å². The lowest BCUT2D eigenvalue weighted by Crippen LogP contribution is -2.27. The predicted octanol–water partition coefficient (Wildman–Crippen LogP) is 3.70. The Morgan fingerprint density at radius 2 is 1.82 bits per heavy atom. The first-order valence-corrected chi connectivity index (χ1v) is 11.0. The van der Waals surface area contributed by atoms with Crippen LogP contribution in [0.3, 0.4) is 0 Å². The molecule has 3 rings (SSSR count). The summed E-state index contributed by atoms with van der Waals surface area (Å²) < 4.78 is 32.1. The Kier molecular flexibility index (Phi) is 6.59. The molecule has 28 heavy (non-hydrogen) atoms. The maximum absolute atomic E-state index is 12.6. The van der Waals surface area contributed by atoms with Crippen molar-refractivity contribution >= 4 is 33.2 Å². The molecule has 1 aliphatic rings. The smallest absolute Gasteiger partial charge is 0.262 e. The number of aryl methyl sites for hydroxylation is 1. The monoisotopic (exact) mass is 422 g/mol. The molecule has 0 bridgehead atoms. The number of carbonyl (C=O) groups excluding carboxylic acids is 1. The van der Waals surface area contributed by atoms with Crippen LogP contribution in [0.15, 0.2) is 47.4 Å². The molecular weight excluding hydrogens is 400 g/mol. The third-order valence-electron chi connectivity index (χ3n) is 4.61. The van der Waals surface area contributed by atoms with Crippen molar-refractivity contribution in [1.82, 2.24) is 4.31 Å². The molecule has 150 valence electrons. The van der Waals surface area contributed by atoms with E-state index < -0.39 is 10.0 Å². The number of amides is 1. The Balaban J connectivity index is 1.60. The quantitative estimate of drug-likeness (QED) is 0.738. The lowest BCUT2D eigenvalue weighted by molar-refractivity contribution is -0.118. The third-order valence-corrected chi connectivity index (χ3v) is 6.80. The van der Waals surface area contributed by atoms with E-state index in [0.29, 0.717) is 18.8 Å². The average molecular weight is 423 g/mol. The molecule has 1 aliphatic heterocycles. The number of benzene rings is 2. The zero-order chi connectivity index (χ0) is 20.1. The van der Waals surface area contributed by atoms with Gasteiger partial charge in [-0.3, -0.25) is 4.79 Å². The number of hydrogen-bond acceptors (Lipinski definition) is 4. The van der Waals surface area contributed by atoms with E-state index in [1.807, 2.05) is 24.3 Å². The molecule has 1 heterocycles. The Bertz CT molecular complexity index is 939. The van der Waals surface area contributed by atoms with Crippen molar-refractivity contribution in [3.05, 3.63) is 53.1 Å². The van der Waals surface area contributed by atoms with Gasteiger partial charge in [0.05, 0.1) is 9.92 Å². The SMILES string of the molecule is CCc1ccc(NC(=O)COc2ccc(S(=O)(=O)N3CCCC3)cc2Cl)cc1. The van der Waals surface area contributed by atoms with Crippen LogP contribution in [0.1, 0.15) is 25.3 Å². The third kappa shape index (κ3) is 4.84. The highest BCUT2D eigenvalue weighted by Gasteiger charge is 2.27. The van der Waals surface area contributed by atoms with Crippen molar-refractivity contribution in [2.24, 2.45) is 0 Å². The predicted molar refractivity (Wildman–Crippen MR) is 109 cm³/mol. The fourth-order valence-corrected chi connectivity index (χ4v) is 4.84. The van der Waals surface area contributed by atoms with Crippen LogP contribution < -0.4 is 10.1 Å². The van der Waals surface area contributed by atoms with Crippen molar-refractivity contribution < 1.29 is 17.9 Å². The highest BCUT2D eigenvalue weighted by Crippen LogP contribution is 2.29. The summed E-state index contributed by atoms with van der Waals surface area (Å²) in [5.41, 5.74) is 1.87. The number of nitrogens with zero attached hydrogens (tertiary/aromatic N) is 1. The van der Waals surface area contributed by atoms with Crippen LogP contribution in [-0.2, 0) is 21.2 Å². The summed E-state index contributed by atoms with van der Waals surface area (Å²) in [6.07, 6.45) is 2.66. The Morgan fingerprint density at radius 3 is 2.43 bits per heavy atom. The Hall–Kier alpha value is -2.09.